The van der Waals surface area contributed by atoms with Gasteiger partial charge in [-0.15, -0.1) is 0 Å². The van der Waals surface area contributed by atoms with E-state index in [9.17, 15) is 4.79 Å². The van der Waals surface area contributed by atoms with Gasteiger partial charge < -0.3 is 19.1 Å². The molecule has 2 aliphatic heterocycles. The number of nitrogens with zero attached hydrogens (tertiary/aromatic N) is 4. The summed E-state index contributed by atoms with van der Waals surface area (Å²) in [7, 11) is 3.24. The Kier molecular flexibility index (Phi) is 5.60. The van der Waals surface area contributed by atoms with Crippen molar-refractivity contribution in [1.29, 1.82) is 0 Å². The molecular formula is C16H24N4O4. The molecule has 132 valence electrons. The molecule has 0 spiro atoms. The second kappa shape index (κ2) is 7.87. The van der Waals surface area contributed by atoms with Crippen LogP contribution in [0.2, 0.25) is 0 Å². The topological polar surface area (TPSA) is 77.0 Å². The maximum absolute atomic E-state index is 12.6. The molecule has 1 amide bonds. The van der Waals surface area contributed by atoms with Gasteiger partial charge in [0.2, 0.25) is 5.88 Å². The zero-order valence-electron chi connectivity index (χ0n) is 14.2. The molecule has 2 fully saturated rings. The molecule has 3 heterocycles. The van der Waals surface area contributed by atoms with Crippen molar-refractivity contribution < 1.29 is 19.0 Å². The molecule has 3 rings (SSSR count). The molecule has 8 nitrogen and oxygen atoms in total. The SMILES string of the molecule is COCCCN1CCO[C@H]2CN(C(=O)c3cnc(OC)cn3)C[C@@H]21. The van der Waals surface area contributed by atoms with Crippen LogP contribution in [0.3, 0.4) is 0 Å². The molecule has 0 unspecified atom stereocenters. The lowest BCUT2D eigenvalue weighted by Crippen LogP contribution is -2.51. The fourth-order valence-corrected chi connectivity index (χ4v) is 3.31. The van der Waals surface area contributed by atoms with Gasteiger partial charge in [0.15, 0.2) is 0 Å². The molecule has 0 saturated carbocycles. The van der Waals surface area contributed by atoms with Gasteiger partial charge in [-0.2, -0.15) is 0 Å². The number of hydrogen-bond donors (Lipinski definition) is 0. The summed E-state index contributed by atoms with van der Waals surface area (Å²) >= 11 is 0. The molecule has 2 aliphatic rings. The normalized spacial score (nSPS) is 24.0. The van der Waals surface area contributed by atoms with E-state index in [1.165, 1.54) is 19.5 Å². The van der Waals surface area contributed by atoms with Gasteiger partial charge in [-0.05, 0) is 6.42 Å². The predicted octanol–water partition coefficient (Wildman–Crippen LogP) is 0.0469. The van der Waals surface area contributed by atoms with Crippen LogP contribution in [0.1, 0.15) is 16.9 Å². The second-order valence-corrected chi connectivity index (χ2v) is 6.01. The lowest BCUT2D eigenvalue weighted by atomic mass is 10.1. The molecule has 0 aromatic carbocycles. The molecule has 2 atom stereocenters. The molecule has 8 heteroatoms. The largest absolute Gasteiger partial charge is 0.480 e. The lowest BCUT2D eigenvalue weighted by Gasteiger charge is -2.36. The van der Waals surface area contributed by atoms with Gasteiger partial charge in [-0.25, -0.2) is 9.97 Å². The average molecular weight is 336 g/mol. The molecule has 0 aliphatic carbocycles. The van der Waals surface area contributed by atoms with E-state index in [1.807, 2.05) is 0 Å². The molecule has 0 radical (unpaired) electrons. The summed E-state index contributed by atoms with van der Waals surface area (Å²) in [6, 6.07) is 0.241. The van der Waals surface area contributed by atoms with E-state index in [-0.39, 0.29) is 18.1 Å². The molecule has 0 N–H and O–H groups in total. The van der Waals surface area contributed by atoms with E-state index in [2.05, 4.69) is 14.9 Å². The fourth-order valence-electron chi connectivity index (χ4n) is 3.31. The number of carbonyl (C=O) groups excluding carboxylic acids is 1. The first kappa shape index (κ1) is 17.1. The number of morpholine rings is 1. The van der Waals surface area contributed by atoms with Crippen molar-refractivity contribution in [3.63, 3.8) is 0 Å². The standard InChI is InChI=1S/C16H24N4O4/c1-22-6-3-4-19-5-7-24-14-11-20(10-13(14)19)16(21)12-8-18-15(23-2)9-17-12/h8-9,13-14H,3-7,10-11H2,1-2H3/t13-,14-/m0/s1. The maximum Gasteiger partial charge on any atom is 0.274 e. The first-order valence-corrected chi connectivity index (χ1v) is 8.23. The summed E-state index contributed by atoms with van der Waals surface area (Å²) in [6.45, 7) is 4.57. The average Bonchev–Trinajstić information content (AvgIpc) is 3.06. The fraction of sp³-hybridized carbons (Fsp3) is 0.688. The van der Waals surface area contributed by atoms with Crippen LogP contribution in [0.4, 0.5) is 0 Å². The van der Waals surface area contributed by atoms with E-state index in [1.54, 1.807) is 12.0 Å². The third kappa shape index (κ3) is 3.66. The van der Waals surface area contributed by atoms with Crippen LogP contribution in [-0.2, 0) is 9.47 Å². The lowest BCUT2D eigenvalue weighted by molar-refractivity contribution is -0.0487. The van der Waals surface area contributed by atoms with Crippen molar-refractivity contribution in [3.8, 4) is 5.88 Å². The highest BCUT2D eigenvalue weighted by atomic mass is 16.5. The first-order valence-electron chi connectivity index (χ1n) is 8.23. The first-order chi connectivity index (χ1) is 11.7. The Bertz CT molecular complexity index is 554. The van der Waals surface area contributed by atoms with Crippen LogP contribution in [0.15, 0.2) is 12.4 Å². The predicted molar refractivity (Wildman–Crippen MR) is 86.1 cm³/mol. The highest BCUT2D eigenvalue weighted by Gasteiger charge is 2.41. The van der Waals surface area contributed by atoms with Gasteiger partial charge in [-0.3, -0.25) is 9.69 Å². The van der Waals surface area contributed by atoms with Crippen molar-refractivity contribution in [2.24, 2.45) is 0 Å². The third-order valence-corrected chi connectivity index (χ3v) is 4.55. The van der Waals surface area contributed by atoms with Gasteiger partial charge in [0.05, 0.1) is 38.3 Å². The number of likely N-dealkylation sites (tertiary alicyclic amines) is 1. The highest BCUT2D eigenvalue weighted by Crippen LogP contribution is 2.24. The van der Waals surface area contributed by atoms with Crippen LogP contribution < -0.4 is 4.74 Å². The maximum atomic E-state index is 12.6. The van der Waals surface area contributed by atoms with Crippen molar-refractivity contribution in [2.75, 3.05) is 53.6 Å². The summed E-state index contributed by atoms with van der Waals surface area (Å²) in [5.74, 6) is 0.286. The van der Waals surface area contributed by atoms with Crippen LogP contribution in [-0.4, -0.2) is 91.4 Å². The molecule has 0 bridgehead atoms. The van der Waals surface area contributed by atoms with E-state index in [0.29, 0.717) is 31.3 Å². The Hall–Kier alpha value is -1.77. The molecular weight excluding hydrogens is 312 g/mol. The Morgan fingerprint density at radius 2 is 2.21 bits per heavy atom. The number of aromatic nitrogens is 2. The van der Waals surface area contributed by atoms with Crippen LogP contribution in [0.5, 0.6) is 5.88 Å². The summed E-state index contributed by atoms with van der Waals surface area (Å²) < 4.78 is 16.0. The summed E-state index contributed by atoms with van der Waals surface area (Å²) in [4.78, 5) is 25.1. The van der Waals surface area contributed by atoms with Gasteiger partial charge in [-0.1, -0.05) is 0 Å². The Labute approximate surface area is 141 Å². The van der Waals surface area contributed by atoms with Crippen LogP contribution >= 0.6 is 0 Å². The number of carbonyl (C=O) groups is 1. The van der Waals surface area contributed by atoms with Crippen molar-refractivity contribution in [1.82, 2.24) is 19.8 Å². The summed E-state index contributed by atoms with van der Waals surface area (Å²) in [5, 5.41) is 0. The monoisotopic (exact) mass is 336 g/mol. The number of ether oxygens (including phenoxy) is 3. The molecule has 1 aromatic heterocycles. The Morgan fingerprint density at radius 3 is 2.92 bits per heavy atom. The zero-order chi connectivity index (χ0) is 16.9. The van der Waals surface area contributed by atoms with E-state index in [4.69, 9.17) is 14.2 Å². The zero-order valence-corrected chi connectivity index (χ0v) is 14.2. The number of methoxy groups -OCH3 is 2. The quantitative estimate of drug-likeness (QED) is 0.679. The number of hydrogen-bond acceptors (Lipinski definition) is 7. The summed E-state index contributed by atoms with van der Waals surface area (Å²) in [6.07, 6.45) is 3.97. The van der Waals surface area contributed by atoms with Crippen molar-refractivity contribution in [2.45, 2.75) is 18.6 Å². The molecule has 2 saturated heterocycles. The van der Waals surface area contributed by atoms with Crippen molar-refractivity contribution in [3.05, 3.63) is 18.1 Å². The number of amides is 1. The third-order valence-electron chi connectivity index (χ3n) is 4.55. The molecule has 1 aromatic rings. The second-order valence-electron chi connectivity index (χ2n) is 6.01. The van der Waals surface area contributed by atoms with E-state index >= 15 is 0 Å². The number of fused-ring (bicyclic) bond motifs is 1. The van der Waals surface area contributed by atoms with Gasteiger partial charge in [0.25, 0.3) is 5.91 Å². The van der Waals surface area contributed by atoms with Crippen LogP contribution in [0, 0.1) is 0 Å². The molecule has 24 heavy (non-hydrogen) atoms. The minimum atomic E-state index is -0.111. The van der Waals surface area contributed by atoms with Gasteiger partial charge >= 0.3 is 0 Å². The summed E-state index contributed by atoms with van der Waals surface area (Å²) in [5.41, 5.74) is 0.334. The van der Waals surface area contributed by atoms with Crippen LogP contribution in [0.25, 0.3) is 0 Å². The Morgan fingerprint density at radius 1 is 1.33 bits per heavy atom. The van der Waals surface area contributed by atoms with E-state index in [0.717, 1.165) is 26.1 Å². The van der Waals surface area contributed by atoms with E-state index < -0.39 is 0 Å². The Balaban J connectivity index is 1.62. The minimum Gasteiger partial charge on any atom is -0.480 e. The smallest absolute Gasteiger partial charge is 0.274 e. The van der Waals surface area contributed by atoms with Gasteiger partial charge in [0, 0.05) is 39.9 Å². The van der Waals surface area contributed by atoms with Crippen molar-refractivity contribution >= 4 is 5.91 Å². The van der Waals surface area contributed by atoms with Gasteiger partial charge in [0.1, 0.15) is 5.69 Å². The minimum absolute atomic E-state index is 0.0662. The number of rotatable bonds is 6. The highest BCUT2D eigenvalue weighted by molar-refractivity contribution is 5.92.